The van der Waals surface area contributed by atoms with Crippen LogP contribution in [0.25, 0.3) is 12.2 Å². The molecule has 3 aromatic carbocycles. The maximum atomic E-state index is 13.1. The second kappa shape index (κ2) is 9.43. The molecule has 0 spiro atoms. The second-order valence-corrected chi connectivity index (χ2v) is 9.94. The van der Waals surface area contributed by atoms with Crippen molar-refractivity contribution in [2.24, 2.45) is 0 Å². The van der Waals surface area contributed by atoms with Gasteiger partial charge >= 0.3 is 0 Å². The molecule has 3 aromatic rings. The van der Waals surface area contributed by atoms with Crippen LogP contribution in [-0.2, 0) is 20.0 Å². The average molecular weight is 451 g/mol. The van der Waals surface area contributed by atoms with Crippen LogP contribution in [0.15, 0.2) is 95.7 Å². The van der Waals surface area contributed by atoms with E-state index in [9.17, 15) is 16.8 Å². The zero-order chi connectivity index (χ0) is 22.3. The molecule has 0 aliphatic rings. The van der Waals surface area contributed by atoms with Crippen molar-refractivity contribution in [3.05, 3.63) is 112 Å². The van der Waals surface area contributed by atoms with Gasteiger partial charge in [-0.2, -0.15) is 8.97 Å². The van der Waals surface area contributed by atoms with E-state index in [2.05, 4.69) is 0 Å². The Morgan fingerprint density at radius 1 is 0.645 bits per heavy atom. The van der Waals surface area contributed by atoms with Crippen molar-refractivity contribution in [1.82, 2.24) is 0 Å². The molecule has 0 aromatic heterocycles. The van der Waals surface area contributed by atoms with Crippen LogP contribution in [-0.4, -0.2) is 16.8 Å². The molecule has 0 unspecified atom stereocenters. The topological polar surface area (TPSA) is 95.3 Å². The minimum absolute atomic E-state index is 0.102. The van der Waals surface area contributed by atoms with Crippen LogP contribution in [0.2, 0.25) is 0 Å². The standard InChI is InChI=1S/C23H18N2O4S2/c24-19-22-11-13-23(14-12-22)25(30(26,27)17-15-20-7-3-1-4-8-20)31(28,29)18-16-21-9-5-2-6-10-21/h1-18H/b17-15+,18-16+. The fourth-order valence-electron chi connectivity index (χ4n) is 2.66. The highest BCUT2D eigenvalue weighted by Gasteiger charge is 2.31. The monoisotopic (exact) mass is 450 g/mol. The molecule has 0 heterocycles. The van der Waals surface area contributed by atoms with Crippen molar-refractivity contribution in [2.45, 2.75) is 0 Å². The van der Waals surface area contributed by atoms with Gasteiger partial charge < -0.3 is 0 Å². The summed E-state index contributed by atoms with van der Waals surface area (Å²) in [6.45, 7) is 0. The first-order valence-corrected chi connectivity index (χ1v) is 12.1. The van der Waals surface area contributed by atoms with Crippen molar-refractivity contribution in [1.29, 1.82) is 5.26 Å². The van der Waals surface area contributed by atoms with Crippen LogP contribution in [0.5, 0.6) is 0 Å². The van der Waals surface area contributed by atoms with Crippen molar-refractivity contribution in [3.63, 3.8) is 0 Å². The Labute approximate surface area is 182 Å². The molecule has 156 valence electrons. The summed E-state index contributed by atoms with van der Waals surface area (Å²) in [4.78, 5) is 0. The summed E-state index contributed by atoms with van der Waals surface area (Å²) in [5, 5.41) is 10.7. The lowest BCUT2D eigenvalue weighted by atomic mass is 10.2. The summed E-state index contributed by atoms with van der Waals surface area (Å²) in [6, 6.07) is 24.5. The minimum atomic E-state index is -4.42. The SMILES string of the molecule is N#Cc1ccc(N(S(=O)(=O)/C=C/c2ccccc2)S(=O)(=O)/C=C/c2ccccc2)cc1. The molecule has 0 bridgehead atoms. The van der Waals surface area contributed by atoms with Gasteiger partial charge in [-0.15, -0.1) is 0 Å². The molecule has 0 saturated carbocycles. The van der Waals surface area contributed by atoms with Gasteiger partial charge in [0.2, 0.25) is 0 Å². The number of anilines is 1. The minimum Gasteiger partial charge on any atom is -0.201 e. The number of hydrogen-bond acceptors (Lipinski definition) is 5. The van der Waals surface area contributed by atoms with E-state index >= 15 is 0 Å². The lowest BCUT2D eigenvalue weighted by Crippen LogP contribution is -2.34. The number of hydrogen-bond donors (Lipinski definition) is 0. The van der Waals surface area contributed by atoms with E-state index in [1.807, 2.05) is 6.07 Å². The van der Waals surface area contributed by atoms with Crippen LogP contribution < -0.4 is 3.71 Å². The fourth-order valence-corrected chi connectivity index (χ4v) is 5.83. The molecule has 0 fully saturated rings. The molecule has 0 amide bonds. The highest BCUT2D eigenvalue weighted by molar-refractivity contribution is 8.12. The maximum Gasteiger partial charge on any atom is 0.270 e. The molecule has 3 rings (SSSR count). The smallest absolute Gasteiger partial charge is 0.201 e. The van der Waals surface area contributed by atoms with E-state index in [1.54, 1.807) is 60.7 Å². The van der Waals surface area contributed by atoms with Gasteiger partial charge in [0.05, 0.1) is 28.1 Å². The largest absolute Gasteiger partial charge is 0.270 e. The first kappa shape index (κ1) is 22.0. The molecule has 0 N–H and O–H groups in total. The number of nitrogens with zero attached hydrogens (tertiary/aromatic N) is 2. The Bertz CT molecular complexity index is 1260. The van der Waals surface area contributed by atoms with E-state index < -0.39 is 20.0 Å². The molecule has 0 radical (unpaired) electrons. The van der Waals surface area contributed by atoms with Crippen LogP contribution in [0.3, 0.4) is 0 Å². The molecular weight excluding hydrogens is 432 g/mol. The third-order valence-corrected chi connectivity index (χ3v) is 7.69. The third kappa shape index (κ3) is 5.69. The molecule has 8 heteroatoms. The summed E-state index contributed by atoms with van der Waals surface area (Å²) < 4.78 is 52.7. The van der Waals surface area contributed by atoms with Crippen LogP contribution >= 0.6 is 0 Å². The molecule has 0 atom stereocenters. The first-order chi connectivity index (χ1) is 14.8. The van der Waals surface area contributed by atoms with Gasteiger partial charge in [-0.3, -0.25) is 0 Å². The number of rotatable bonds is 7. The summed E-state index contributed by atoms with van der Waals surface area (Å²) in [5.74, 6) is 0. The zero-order valence-corrected chi connectivity index (χ0v) is 17.9. The fraction of sp³-hybridized carbons (Fsp3) is 0. The lowest BCUT2D eigenvalue weighted by Gasteiger charge is -2.20. The summed E-state index contributed by atoms with van der Waals surface area (Å²) >= 11 is 0. The number of sulfonamides is 2. The van der Waals surface area contributed by atoms with E-state index in [1.165, 1.54) is 36.4 Å². The quantitative estimate of drug-likeness (QED) is 0.533. The molecular formula is C23H18N2O4S2. The normalized spacial score (nSPS) is 12.1. The van der Waals surface area contributed by atoms with Crippen molar-refractivity contribution in [3.8, 4) is 6.07 Å². The van der Waals surface area contributed by atoms with Gasteiger partial charge in [0, 0.05) is 0 Å². The summed E-state index contributed by atoms with van der Waals surface area (Å²) in [5.41, 5.74) is 1.37. The van der Waals surface area contributed by atoms with Crippen LogP contribution in [0.1, 0.15) is 16.7 Å². The molecule has 6 nitrogen and oxygen atoms in total. The second-order valence-electron chi connectivity index (χ2n) is 6.37. The van der Waals surface area contributed by atoms with Gasteiger partial charge in [0.25, 0.3) is 20.0 Å². The van der Waals surface area contributed by atoms with Gasteiger partial charge in [0.15, 0.2) is 0 Å². The Morgan fingerprint density at radius 2 is 1.06 bits per heavy atom. The Morgan fingerprint density at radius 3 is 1.45 bits per heavy atom. The van der Waals surface area contributed by atoms with E-state index in [0.717, 1.165) is 10.8 Å². The van der Waals surface area contributed by atoms with Gasteiger partial charge in [0.1, 0.15) is 0 Å². The maximum absolute atomic E-state index is 13.1. The van der Waals surface area contributed by atoms with Gasteiger partial charge in [-0.05, 0) is 47.5 Å². The van der Waals surface area contributed by atoms with E-state index in [4.69, 9.17) is 5.26 Å². The lowest BCUT2D eigenvalue weighted by molar-refractivity contribution is 0.594. The van der Waals surface area contributed by atoms with Crippen molar-refractivity contribution >= 4 is 37.9 Å². The predicted octanol–water partition coefficient (Wildman–Crippen LogP) is 4.37. The highest BCUT2D eigenvalue weighted by Crippen LogP contribution is 2.25. The molecule has 0 aliphatic heterocycles. The Balaban J connectivity index is 2.06. The Hall–Kier alpha value is -3.67. The van der Waals surface area contributed by atoms with E-state index in [-0.39, 0.29) is 11.3 Å². The highest BCUT2D eigenvalue weighted by atomic mass is 32.3. The van der Waals surface area contributed by atoms with Crippen LogP contribution in [0, 0.1) is 11.3 Å². The van der Waals surface area contributed by atoms with E-state index in [0.29, 0.717) is 14.8 Å². The predicted molar refractivity (Wildman–Crippen MR) is 122 cm³/mol. The molecule has 31 heavy (non-hydrogen) atoms. The first-order valence-electron chi connectivity index (χ1n) is 9.09. The Kier molecular flexibility index (Phi) is 6.70. The van der Waals surface area contributed by atoms with Gasteiger partial charge in [-0.25, -0.2) is 16.8 Å². The number of nitriles is 1. The van der Waals surface area contributed by atoms with Crippen molar-refractivity contribution in [2.75, 3.05) is 3.71 Å². The summed E-state index contributed by atoms with van der Waals surface area (Å²) in [7, 11) is -8.85. The molecule has 0 saturated heterocycles. The summed E-state index contributed by atoms with van der Waals surface area (Å²) in [6.07, 6.45) is 2.64. The van der Waals surface area contributed by atoms with Gasteiger partial charge in [-0.1, -0.05) is 60.7 Å². The zero-order valence-electron chi connectivity index (χ0n) is 16.2. The van der Waals surface area contributed by atoms with Crippen LogP contribution in [0.4, 0.5) is 5.69 Å². The average Bonchev–Trinajstić information content (AvgIpc) is 2.78. The third-order valence-electron chi connectivity index (χ3n) is 4.13. The van der Waals surface area contributed by atoms with Crippen molar-refractivity contribution < 1.29 is 16.8 Å². The number of benzene rings is 3. The molecule has 0 aliphatic carbocycles.